The molecule has 0 aromatic carbocycles. The van der Waals surface area contributed by atoms with Crippen LogP contribution in [0.1, 0.15) is 38.5 Å². The molecular formula is C10H18N2O. The van der Waals surface area contributed by atoms with Gasteiger partial charge in [0.05, 0.1) is 0 Å². The van der Waals surface area contributed by atoms with Gasteiger partial charge < -0.3 is 10.6 Å². The highest BCUT2D eigenvalue weighted by atomic mass is 16.2. The summed E-state index contributed by atoms with van der Waals surface area (Å²) in [5.74, 6) is 0.322. The molecule has 2 aliphatic rings. The fourth-order valence-corrected chi connectivity index (χ4v) is 2.55. The van der Waals surface area contributed by atoms with Crippen molar-refractivity contribution in [3.8, 4) is 0 Å². The third kappa shape index (κ3) is 1.70. The molecule has 0 aromatic heterocycles. The van der Waals surface area contributed by atoms with E-state index in [-0.39, 0.29) is 6.04 Å². The highest BCUT2D eigenvalue weighted by molar-refractivity contribution is 5.78. The molecule has 1 saturated carbocycles. The lowest BCUT2D eigenvalue weighted by molar-refractivity contribution is -0.130. The SMILES string of the molecule is N[C@@H]1CCCC[C@H]1N1CCCC1=O. The van der Waals surface area contributed by atoms with Crippen molar-refractivity contribution in [1.82, 2.24) is 4.90 Å². The second-order valence-corrected chi connectivity index (χ2v) is 4.21. The second-order valence-electron chi connectivity index (χ2n) is 4.21. The first-order chi connectivity index (χ1) is 6.29. The van der Waals surface area contributed by atoms with E-state index in [2.05, 4.69) is 0 Å². The molecule has 0 radical (unpaired) electrons. The number of carbonyl (C=O) groups is 1. The Bertz CT molecular complexity index is 205. The minimum atomic E-state index is 0.232. The van der Waals surface area contributed by atoms with Crippen LogP contribution in [0, 0.1) is 0 Å². The van der Waals surface area contributed by atoms with Gasteiger partial charge in [0, 0.05) is 25.0 Å². The fraction of sp³-hybridized carbons (Fsp3) is 0.900. The summed E-state index contributed by atoms with van der Waals surface area (Å²) in [6.45, 7) is 0.942. The average molecular weight is 182 g/mol. The Morgan fingerprint density at radius 3 is 2.62 bits per heavy atom. The summed E-state index contributed by atoms with van der Waals surface area (Å²) in [6, 6.07) is 0.583. The molecular weight excluding hydrogens is 164 g/mol. The van der Waals surface area contributed by atoms with Gasteiger partial charge in [-0.2, -0.15) is 0 Å². The predicted octanol–water partition coefficient (Wildman–Crippen LogP) is 0.879. The maximum Gasteiger partial charge on any atom is 0.222 e. The molecule has 13 heavy (non-hydrogen) atoms. The van der Waals surface area contributed by atoms with Crippen LogP contribution >= 0.6 is 0 Å². The van der Waals surface area contributed by atoms with Gasteiger partial charge >= 0.3 is 0 Å². The molecule has 1 saturated heterocycles. The van der Waals surface area contributed by atoms with E-state index in [9.17, 15) is 4.79 Å². The van der Waals surface area contributed by atoms with E-state index >= 15 is 0 Å². The molecule has 2 atom stereocenters. The molecule has 0 spiro atoms. The fourth-order valence-electron chi connectivity index (χ4n) is 2.55. The monoisotopic (exact) mass is 182 g/mol. The summed E-state index contributed by atoms with van der Waals surface area (Å²) >= 11 is 0. The normalized spacial score (nSPS) is 35.5. The standard InChI is InChI=1S/C10H18N2O/c11-8-4-1-2-5-9(8)12-7-3-6-10(12)13/h8-9H,1-7,11H2/t8-,9-/m1/s1. The van der Waals surface area contributed by atoms with Gasteiger partial charge in [-0.15, -0.1) is 0 Å². The molecule has 74 valence electrons. The van der Waals surface area contributed by atoms with Gasteiger partial charge in [-0.3, -0.25) is 4.79 Å². The Morgan fingerprint density at radius 2 is 2.00 bits per heavy atom. The number of nitrogens with zero attached hydrogens (tertiary/aromatic N) is 1. The summed E-state index contributed by atoms with van der Waals surface area (Å²) in [6.07, 6.45) is 6.45. The zero-order valence-electron chi connectivity index (χ0n) is 8.04. The zero-order chi connectivity index (χ0) is 9.26. The maximum atomic E-state index is 11.5. The topological polar surface area (TPSA) is 46.3 Å². The van der Waals surface area contributed by atoms with E-state index in [1.54, 1.807) is 0 Å². The molecule has 2 rings (SSSR count). The molecule has 0 aromatic rings. The largest absolute Gasteiger partial charge is 0.338 e. The zero-order valence-corrected chi connectivity index (χ0v) is 8.04. The van der Waals surface area contributed by atoms with Crippen LogP contribution in [0.25, 0.3) is 0 Å². The molecule has 1 amide bonds. The lowest BCUT2D eigenvalue weighted by Crippen LogP contribution is -2.49. The first-order valence-corrected chi connectivity index (χ1v) is 5.34. The Balaban J connectivity index is 2.01. The van der Waals surface area contributed by atoms with Gasteiger partial charge in [-0.1, -0.05) is 12.8 Å². The molecule has 0 bridgehead atoms. The van der Waals surface area contributed by atoms with Crippen LogP contribution in [0.5, 0.6) is 0 Å². The van der Waals surface area contributed by atoms with E-state index in [0.29, 0.717) is 11.9 Å². The number of hydrogen-bond donors (Lipinski definition) is 1. The molecule has 1 aliphatic heterocycles. The Kier molecular flexibility index (Phi) is 2.54. The van der Waals surface area contributed by atoms with Crippen LogP contribution in [0.4, 0.5) is 0 Å². The summed E-state index contributed by atoms with van der Waals surface area (Å²) in [4.78, 5) is 13.5. The smallest absolute Gasteiger partial charge is 0.222 e. The first kappa shape index (κ1) is 9.00. The summed E-state index contributed by atoms with van der Waals surface area (Å²) in [7, 11) is 0. The van der Waals surface area contributed by atoms with Crippen LogP contribution in [0.3, 0.4) is 0 Å². The van der Waals surface area contributed by atoms with Crippen molar-refractivity contribution in [1.29, 1.82) is 0 Å². The highest BCUT2D eigenvalue weighted by Gasteiger charge is 2.32. The van der Waals surface area contributed by atoms with Gasteiger partial charge in [0.15, 0.2) is 0 Å². The molecule has 2 fully saturated rings. The minimum Gasteiger partial charge on any atom is -0.338 e. The quantitative estimate of drug-likeness (QED) is 0.654. The van der Waals surface area contributed by atoms with Crippen LogP contribution in [-0.4, -0.2) is 29.4 Å². The molecule has 3 nitrogen and oxygen atoms in total. The van der Waals surface area contributed by atoms with E-state index in [1.165, 1.54) is 12.8 Å². The molecule has 0 unspecified atom stereocenters. The van der Waals surface area contributed by atoms with E-state index < -0.39 is 0 Å². The summed E-state index contributed by atoms with van der Waals surface area (Å²) in [5.41, 5.74) is 6.03. The summed E-state index contributed by atoms with van der Waals surface area (Å²) in [5, 5.41) is 0. The van der Waals surface area contributed by atoms with Crippen molar-refractivity contribution in [3.05, 3.63) is 0 Å². The average Bonchev–Trinajstić information content (AvgIpc) is 2.52. The van der Waals surface area contributed by atoms with Gasteiger partial charge in [-0.25, -0.2) is 0 Å². The Morgan fingerprint density at radius 1 is 1.23 bits per heavy atom. The lowest BCUT2D eigenvalue weighted by Gasteiger charge is -2.35. The van der Waals surface area contributed by atoms with Crippen LogP contribution in [0.15, 0.2) is 0 Å². The van der Waals surface area contributed by atoms with Crippen molar-refractivity contribution in [2.75, 3.05) is 6.54 Å². The van der Waals surface area contributed by atoms with Crippen molar-refractivity contribution < 1.29 is 4.79 Å². The Hall–Kier alpha value is -0.570. The van der Waals surface area contributed by atoms with E-state index in [0.717, 1.165) is 32.2 Å². The minimum absolute atomic E-state index is 0.232. The van der Waals surface area contributed by atoms with E-state index in [1.807, 2.05) is 4.90 Å². The number of amides is 1. The molecule has 1 aliphatic carbocycles. The van der Waals surface area contributed by atoms with Crippen molar-refractivity contribution >= 4 is 5.91 Å². The van der Waals surface area contributed by atoms with Crippen molar-refractivity contribution in [2.24, 2.45) is 5.73 Å². The van der Waals surface area contributed by atoms with Crippen molar-refractivity contribution in [3.63, 3.8) is 0 Å². The van der Waals surface area contributed by atoms with E-state index in [4.69, 9.17) is 5.73 Å². The first-order valence-electron chi connectivity index (χ1n) is 5.34. The molecule has 2 N–H and O–H groups in total. The van der Waals surface area contributed by atoms with Gasteiger partial charge in [0.25, 0.3) is 0 Å². The summed E-state index contributed by atoms with van der Waals surface area (Å²) < 4.78 is 0. The molecule has 1 heterocycles. The Labute approximate surface area is 79.3 Å². The second kappa shape index (κ2) is 3.66. The van der Waals surface area contributed by atoms with Crippen LogP contribution in [-0.2, 0) is 4.79 Å². The lowest BCUT2D eigenvalue weighted by atomic mass is 9.90. The number of rotatable bonds is 1. The number of likely N-dealkylation sites (tertiary alicyclic amines) is 1. The number of nitrogens with two attached hydrogens (primary N) is 1. The van der Waals surface area contributed by atoms with Crippen molar-refractivity contribution in [2.45, 2.75) is 50.6 Å². The van der Waals surface area contributed by atoms with Gasteiger partial charge in [0.2, 0.25) is 5.91 Å². The van der Waals surface area contributed by atoms with Gasteiger partial charge in [0.1, 0.15) is 0 Å². The third-order valence-corrected chi connectivity index (χ3v) is 3.29. The predicted molar refractivity (Wildman–Crippen MR) is 51.2 cm³/mol. The van der Waals surface area contributed by atoms with Gasteiger partial charge in [-0.05, 0) is 19.3 Å². The maximum absolute atomic E-state index is 11.5. The van der Waals surface area contributed by atoms with Crippen LogP contribution in [0.2, 0.25) is 0 Å². The highest BCUT2D eigenvalue weighted by Crippen LogP contribution is 2.25. The number of carbonyl (C=O) groups excluding carboxylic acids is 1. The third-order valence-electron chi connectivity index (χ3n) is 3.29. The van der Waals surface area contributed by atoms with Crippen LogP contribution < -0.4 is 5.73 Å². The number of hydrogen-bond acceptors (Lipinski definition) is 2. The molecule has 3 heteroatoms.